The third-order valence-corrected chi connectivity index (χ3v) is 5.08. The SMILES string of the molecule is CN(C)C(CNC(=O)Nc1ccccc1Cn1cccn1)c1cccs1. The van der Waals surface area contributed by atoms with Crippen LogP contribution in [0, 0.1) is 0 Å². The van der Waals surface area contributed by atoms with Crippen molar-refractivity contribution in [3.63, 3.8) is 0 Å². The zero-order valence-electron chi connectivity index (χ0n) is 14.9. The van der Waals surface area contributed by atoms with E-state index in [2.05, 4.69) is 32.1 Å². The molecule has 3 rings (SSSR count). The number of nitrogens with zero attached hydrogens (tertiary/aromatic N) is 3. The summed E-state index contributed by atoms with van der Waals surface area (Å²) in [5.74, 6) is 0. The first-order chi connectivity index (χ1) is 12.6. The Morgan fingerprint density at radius 1 is 1.23 bits per heavy atom. The van der Waals surface area contributed by atoms with Crippen LogP contribution in [-0.4, -0.2) is 41.4 Å². The van der Waals surface area contributed by atoms with E-state index in [1.165, 1.54) is 4.88 Å². The molecule has 2 aromatic heterocycles. The number of carbonyl (C=O) groups excluding carboxylic acids is 1. The van der Waals surface area contributed by atoms with E-state index in [1.807, 2.05) is 61.4 Å². The number of anilines is 1. The van der Waals surface area contributed by atoms with Gasteiger partial charge in [0.15, 0.2) is 0 Å². The van der Waals surface area contributed by atoms with E-state index in [0.29, 0.717) is 13.1 Å². The van der Waals surface area contributed by atoms with E-state index in [4.69, 9.17) is 0 Å². The molecule has 0 aliphatic carbocycles. The van der Waals surface area contributed by atoms with Gasteiger partial charge in [0, 0.05) is 29.5 Å². The predicted molar refractivity (Wildman–Crippen MR) is 106 cm³/mol. The summed E-state index contributed by atoms with van der Waals surface area (Å²) in [5.41, 5.74) is 1.80. The van der Waals surface area contributed by atoms with Gasteiger partial charge in [0.2, 0.25) is 0 Å². The van der Waals surface area contributed by atoms with Gasteiger partial charge in [-0.05, 0) is 43.2 Å². The maximum Gasteiger partial charge on any atom is 0.319 e. The van der Waals surface area contributed by atoms with Crippen molar-refractivity contribution in [1.82, 2.24) is 20.0 Å². The predicted octanol–water partition coefficient (Wildman–Crippen LogP) is 3.42. The fraction of sp³-hybridized carbons (Fsp3) is 0.263. The van der Waals surface area contributed by atoms with E-state index in [0.717, 1.165) is 11.3 Å². The molecule has 0 aliphatic rings. The van der Waals surface area contributed by atoms with Crippen LogP contribution in [0.1, 0.15) is 16.5 Å². The highest BCUT2D eigenvalue weighted by molar-refractivity contribution is 7.10. The van der Waals surface area contributed by atoms with Crippen LogP contribution in [0.4, 0.5) is 10.5 Å². The lowest BCUT2D eigenvalue weighted by Gasteiger charge is -2.23. The molecule has 2 heterocycles. The van der Waals surface area contributed by atoms with Crippen molar-refractivity contribution in [3.05, 3.63) is 70.7 Å². The van der Waals surface area contributed by atoms with Gasteiger partial charge < -0.3 is 15.5 Å². The summed E-state index contributed by atoms with van der Waals surface area (Å²) >= 11 is 1.70. The Morgan fingerprint density at radius 3 is 2.77 bits per heavy atom. The quantitative estimate of drug-likeness (QED) is 0.671. The van der Waals surface area contributed by atoms with Gasteiger partial charge in [-0.2, -0.15) is 5.10 Å². The Morgan fingerprint density at radius 2 is 2.08 bits per heavy atom. The highest BCUT2D eigenvalue weighted by atomic mass is 32.1. The van der Waals surface area contributed by atoms with Crippen LogP contribution < -0.4 is 10.6 Å². The Kier molecular flexibility index (Phi) is 6.04. The molecule has 0 radical (unpaired) electrons. The second kappa shape index (κ2) is 8.64. The molecule has 26 heavy (non-hydrogen) atoms. The summed E-state index contributed by atoms with van der Waals surface area (Å²) in [7, 11) is 4.03. The summed E-state index contributed by atoms with van der Waals surface area (Å²) < 4.78 is 1.83. The minimum Gasteiger partial charge on any atom is -0.336 e. The van der Waals surface area contributed by atoms with Gasteiger partial charge >= 0.3 is 6.03 Å². The highest BCUT2D eigenvalue weighted by Gasteiger charge is 2.16. The van der Waals surface area contributed by atoms with Crippen molar-refractivity contribution in [1.29, 1.82) is 0 Å². The van der Waals surface area contributed by atoms with Gasteiger partial charge in [0.25, 0.3) is 0 Å². The molecule has 0 saturated carbocycles. The normalized spacial score (nSPS) is 12.1. The molecule has 136 valence electrons. The number of hydrogen-bond acceptors (Lipinski definition) is 4. The first-order valence-electron chi connectivity index (χ1n) is 8.43. The topological polar surface area (TPSA) is 62.2 Å². The number of carbonyl (C=O) groups is 1. The molecule has 0 saturated heterocycles. The van der Waals surface area contributed by atoms with Crippen LogP contribution in [0.2, 0.25) is 0 Å². The molecular formula is C19H23N5OS. The molecule has 1 aromatic carbocycles. The Balaban J connectivity index is 1.61. The van der Waals surface area contributed by atoms with Crippen LogP contribution in [0.3, 0.4) is 0 Å². The Hall–Kier alpha value is -2.64. The molecule has 3 aromatic rings. The maximum atomic E-state index is 12.4. The van der Waals surface area contributed by atoms with E-state index in [-0.39, 0.29) is 12.1 Å². The van der Waals surface area contributed by atoms with E-state index < -0.39 is 0 Å². The van der Waals surface area contributed by atoms with E-state index in [1.54, 1.807) is 17.5 Å². The van der Waals surface area contributed by atoms with Crippen molar-refractivity contribution >= 4 is 23.1 Å². The number of rotatable bonds is 7. The molecule has 7 heteroatoms. The molecule has 6 nitrogen and oxygen atoms in total. The minimum absolute atomic E-state index is 0.153. The Bertz CT molecular complexity index is 814. The van der Waals surface area contributed by atoms with Gasteiger partial charge in [0.1, 0.15) is 0 Å². The van der Waals surface area contributed by atoms with Gasteiger partial charge in [-0.15, -0.1) is 11.3 Å². The third-order valence-electron chi connectivity index (χ3n) is 4.11. The summed E-state index contributed by atoms with van der Waals surface area (Å²) in [6.07, 6.45) is 3.65. The number of benzene rings is 1. The fourth-order valence-corrected chi connectivity index (χ4v) is 3.65. The lowest BCUT2D eigenvalue weighted by atomic mass is 10.2. The molecule has 0 bridgehead atoms. The number of para-hydroxylation sites is 1. The summed E-state index contributed by atoms with van der Waals surface area (Å²) in [5, 5.41) is 12.2. The largest absolute Gasteiger partial charge is 0.336 e. The van der Waals surface area contributed by atoms with Crippen LogP contribution in [0.15, 0.2) is 60.2 Å². The molecule has 0 fully saturated rings. The molecule has 1 unspecified atom stereocenters. The number of amides is 2. The van der Waals surface area contributed by atoms with Crippen LogP contribution in [-0.2, 0) is 6.54 Å². The van der Waals surface area contributed by atoms with Gasteiger partial charge in [-0.3, -0.25) is 4.68 Å². The molecule has 1 atom stereocenters. The van der Waals surface area contributed by atoms with Crippen molar-refractivity contribution in [2.75, 3.05) is 26.0 Å². The first-order valence-corrected chi connectivity index (χ1v) is 9.31. The number of hydrogen-bond donors (Lipinski definition) is 2. The number of thiophene rings is 1. The van der Waals surface area contributed by atoms with Gasteiger partial charge in [-0.25, -0.2) is 4.79 Å². The van der Waals surface area contributed by atoms with Crippen LogP contribution in [0.25, 0.3) is 0 Å². The zero-order valence-corrected chi connectivity index (χ0v) is 15.7. The molecule has 0 spiro atoms. The van der Waals surface area contributed by atoms with E-state index >= 15 is 0 Å². The monoisotopic (exact) mass is 369 g/mol. The minimum atomic E-state index is -0.207. The average Bonchev–Trinajstić information content (AvgIpc) is 3.30. The summed E-state index contributed by atoms with van der Waals surface area (Å²) in [4.78, 5) is 15.7. The second-order valence-corrected chi connectivity index (χ2v) is 7.17. The van der Waals surface area contributed by atoms with E-state index in [9.17, 15) is 4.79 Å². The third kappa shape index (κ3) is 4.71. The number of aromatic nitrogens is 2. The van der Waals surface area contributed by atoms with Gasteiger partial charge in [-0.1, -0.05) is 24.3 Å². The standard InChI is InChI=1S/C19H23N5OS/c1-23(2)17(18-9-5-12-26-18)13-20-19(25)22-16-8-4-3-7-15(16)14-24-11-6-10-21-24/h3-12,17H,13-14H2,1-2H3,(H2,20,22,25). The number of nitrogens with one attached hydrogen (secondary N) is 2. The molecule has 2 N–H and O–H groups in total. The van der Waals surface area contributed by atoms with Crippen molar-refractivity contribution in [3.8, 4) is 0 Å². The van der Waals surface area contributed by atoms with Gasteiger partial charge in [0.05, 0.1) is 12.6 Å². The second-order valence-electron chi connectivity index (χ2n) is 6.19. The lowest BCUT2D eigenvalue weighted by molar-refractivity contribution is 0.244. The number of likely N-dealkylation sites (N-methyl/N-ethyl adjacent to an activating group) is 1. The van der Waals surface area contributed by atoms with Crippen LogP contribution >= 0.6 is 11.3 Å². The summed E-state index contributed by atoms with van der Waals surface area (Å²) in [6.45, 7) is 1.15. The zero-order chi connectivity index (χ0) is 18.4. The first kappa shape index (κ1) is 18.2. The number of urea groups is 1. The van der Waals surface area contributed by atoms with Crippen molar-refractivity contribution in [2.24, 2.45) is 0 Å². The average molecular weight is 369 g/mol. The highest BCUT2D eigenvalue weighted by Crippen LogP contribution is 2.22. The molecule has 2 amide bonds. The Labute approximate surface area is 157 Å². The smallest absolute Gasteiger partial charge is 0.319 e. The molecular weight excluding hydrogens is 346 g/mol. The molecule has 0 aliphatic heterocycles. The maximum absolute atomic E-state index is 12.4. The van der Waals surface area contributed by atoms with Crippen molar-refractivity contribution < 1.29 is 4.79 Å². The van der Waals surface area contributed by atoms with Crippen molar-refractivity contribution in [2.45, 2.75) is 12.6 Å². The lowest BCUT2D eigenvalue weighted by Crippen LogP contribution is -2.36. The fourth-order valence-electron chi connectivity index (χ4n) is 2.72. The summed E-state index contributed by atoms with van der Waals surface area (Å²) in [6, 6.07) is 13.7. The van der Waals surface area contributed by atoms with Crippen LogP contribution in [0.5, 0.6) is 0 Å².